The van der Waals surface area contributed by atoms with Crippen LogP contribution in [0.25, 0.3) is 0 Å². The number of nitrogens with zero attached hydrogens (tertiary/aromatic N) is 1. The minimum atomic E-state index is 0.529. The third-order valence-electron chi connectivity index (χ3n) is 3.05. The zero-order valence-corrected chi connectivity index (χ0v) is 10.2. The predicted molar refractivity (Wildman–Crippen MR) is 61.1 cm³/mol. The molecule has 0 atom stereocenters. The molecule has 0 spiro atoms. The van der Waals surface area contributed by atoms with Crippen molar-refractivity contribution in [2.75, 3.05) is 19.6 Å². The van der Waals surface area contributed by atoms with Crippen molar-refractivity contribution in [3.05, 3.63) is 0 Å². The Bertz CT molecular complexity index is 118. The Labute approximate surface area is 84.5 Å². The van der Waals surface area contributed by atoms with Gasteiger partial charge in [0.1, 0.15) is 0 Å². The molecule has 0 aromatic carbocycles. The van der Waals surface area contributed by atoms with Gasteiger partial charge in [0.15, 0.2) is 0 Å². The summed E-state index contributed by atoms with van der Waals surface area (Å²) in [5, 5.41) is 0. The molecule has 1 heteroatoms. The highest BCUT2D eigenvalue weighted by Crippen LogP contribution is 2.24. The van der Waals surface area contributed by atoms with Crippen LogP contribution < -0.4 is 0 Å². The largest absolute Gasteiger partial charge is 0.304 e. The summed E-state index contributed by atoms with van der Waals surface area (Å²) in [4.78, 5) is 2.55. The lowest BCUT2D eigenvalue weighted by molar-refractivity contribution is 0.220. The third-order valence-corrected chi connectivity index (χ3v) is 3.05. The van der Waals surface area contributed by atoms with Crippen LogP contribution in [0.5, 0.6) is 0 Å². The van der Waals surface area contributed by atoms with Crippen molar-refractivity contribution in [1.29, 1.82) is 0 Å². The van der Waals surface area contributed by atoms with Gasteiger partial charge in [0, 0.05) is 0 Å². The highest BCUT2D eigenvalue weighted by molar-refractivity contribution is 4.68. The summed E-state index contributed by atoms with van der Waals surface area (Å²) in [5.74, 6) is 0. The Morgan fingerprint density at radius 2 is 1.62 bits per heavy atom. The van der Waals surface area contributed by atoms with Crippen LogP contribution in [0.2, 0.25) is 0 Å². The summed E-state index contributed by atoms with van der Waals surface area (Å²) in [7, 11) is 0. The second-order valence-corrected chi connectivity index (χ2v) is 4.70. The van der Waals surface area contributed by atoms with E-state index in [-0.39, 0.29) is 0 Å². The van der Waals surface area contributed by atoms with E-state index in [2.05, 4.69) is 39.5 Å². The van der Waals surface area contributed by atoms with Crippen LogP contribution in [-0.4, -0.2) is 24.5 Å². The number of rotatable bonds is 7. The lowest BCUT2D eigenvalue weighted by Gasteiger charge is -2.27. The van der Waals surface area contributed by atoms with Crippen LogP contribution in [0, 0.1) is 5.41 Å². The van der Waals surface area contributed by atoms with Crippen LogP contribution in [0.4, 0.5) is 0 Å². The lowest BCUT2D eigenvalue weighted by Crippen LogP contribution is -2.28. The van der Waals surface area contributed by atoms with Gasteiger partial charge in [0.2, 0.25) is 0 Å². The van der Waals surface area contributed by atoms with E-state index in [1.54, 1.807) is 0 Å². The molecule has 0 saturated heterocycles. The SMILES string of the molecule is CCCN(CC)CCC(C)(C)CC. The molecule has 0 bridgehead atoms. The van der Waals surface area contributed by atoms with E-state index in [0.29, 0.717) is 5.41 Å². The fourth-order valence-electron chi connectivity index (χ4n) is 1.38. The minimum absolute atomic E-state index is 0.529. The van der Waals surface area contributed by atoms with E-state index in [1.165, 1.54) is 38.9 Å². The maximum Gasteiger partial charge on any atom is -0.00138 e. The molecule has 13 heavy (non-hydrogen) atoms. The Morgan fingerprint density at radius 1 is 1.00 bits per heavy atom. The van der Waals surface area contributed by atoms with Gasteiger partial charge >= 0.3 is 0 Å². The summed E-state index contributed by atoms with van der Waals surface area (Å²) < 4.78 is 0. The molecule has 0 radical (unpaired) electrons. The molecule has 1 nitrogen and oxygen atoms in total. The van der Waals surface area contributed by atoms with Crippen molar-refractivity contribution in [3.8, 4) is 0 Å². The van der Waals surface area contributed by atoms with E-state index in [1.807, 2.05) is 0 Å². The standard InChI is InChI=1S/C12H27N/c1-6-10-13(8-3)11-9-12(4,5)7-2/h6-11H2,1-5H3. The molecule has 0 aliphatic rings. The van der Waals surface area contributed by atoms with Gasteiger partial charge in [-0.25, -0.2) is 0 Å². The van der Waals surface area contributed by atoms with Crippen LogP contribution in [0.1, 0.15) is 53.9 Å². The predicted octanol–water partition coefficient (Wildman–Crippen LogP) is 3.54. The van der Waals surface area contributed by atoms with Gasteiger partial charge in [-0.2, -0.15) is 0 Å². The Morgan fingerprint density at radius 3 is 2.00 bits per heavy atom. The molecule has 0 amide bonds. The first-order valence-corrected chi connectivity index (χ1v) is 5.78. The Hall–Kier alpha value is -0.0400. The first-order chi connectivity index (χ1) is 6.05. The summed E-state index contributed by atoms with van der Waals surface area (Å²) in [6.07, 6.45) is 3.90. The minimum Gasteiger partial charge on any atom is -0.304 e. The Balaban J connectivity index is 3.70. The molecule has 0 aliphatic heterocycles. The first-order valence-electron chi connectivity index (χ1n) is 5.78. The quantitative estimate of drug-likeness (QED) is 0.586. The van der Waals surface area contributed by atoms with Gasteiger partial charge in [0.05, 0.1) is 0 Å². The van der Waals surface area contributed by atoms with E-state index in [0.717, 1.165) is 0 Å². The van der Waals surface area contributed by atoms with E-state index in [9.17, 15) is 0 Å². The van der Waals surface area contributed by atoms with Crippen molar-refractivity contribution in [2.45, 2.75) is 53.9 Å². The number of hydrogen-bond acceptors (Lipinski definition) is 1. The lowest BCUT2D eigenvalue weighted by atomic mass is 9.86. The van der Waals surface area contributed by atoms with Gasteiger partial charge < -0.3 is 4.90 Å². The fraction of sp³-hybridized carbons (Fsp3) is 1.00. The highest BCUT2D eigenvalue weighted by atomic mass is 15.1. The average Bonchev–Trinajstić information content (AvgIpc) is 2.12. The number of hydrogen-bond donors (Lipinski definition) is 0. The van der Waals surface area contributed by atoms with Gasteiger partial charge in [0.25, 0.3) is 0 Å². The molecular formula is C12H27N. The first kappa shape index (κ1) is 13.0. The van der Waals surface area contributed by atoms with E-state index >= 15 is 0 Å². The fourth-order valence-corrected chi connectivity index (χ4v) is 1.38. The molecule has 0 saturated carbocycles. The van der Waals surface area contributed by atoms with Gasteiger partial charge in [-0.1, -0.05) is 41.0 Å². The maximum atomic E-state index is 2.55. The monoisotopic (exact) mass is 185 g/mol. The Kier molecular flexibility index (Phi) is 6.40. The third kappa shape index (κ3) is 6.09. The van der Waals surface area contributed by atoms with Crippen molar-refractivity contribution in [2.24, 2.45) is 5.41 Å². The summed E-state index contributed by atoms with van der Waals surface area (Å²) in [5.41, 5.74) is 0.529. The highest BCUT2D eigenvalue weighted by Gasteiger charge is 2.15. The van der Waals surface area contributed by atoms with Gasteiger partial charge in [-0.05, 0) is 37.9 Å². The molecular weight excluding hydrogens is 158 g/mol. The summed E-state index contributed by atoms with van der Waals surface area (Å²) in [6.45, 7) is 15.3. The second-order valence-electron chi connectivity index (χ2n) is 4.70. The van der Waals surface area contributed by atoms with Crippen LogP contribution in [0.15, 0.2) is 0 Å². The van der Waals surface area contributed by atoms with E-state index < -0.39 is 0 Å². The molecule has 0 unspecified atom stereocenters. The van der Waals surface area contributed by atoms with Crippen LogP contribution in [0.3, 0.4) is 0 Å². The second kappa shape index (κ2) is 6.42. The van der Waals surface area contributed by atoms with Gasteiger partial charge in [-0.15, -0.1) is 0 Å². The van der Waals surface area contributed by atoms with E-state index in [4.69, 9.17) is 0 Å². The van der Waals surface area contributed by atoms with Crippen LogP contribution in [-0.2, 0) is 0 Å². The van der Waals surface area contributed by atoms with Crippen molar-refractivity contribution in [1.82, 2.24) is 4.90 Å². The van der Waals surface area contributed by atoms with Crippen molar-refractivity contribution < 1.29 is 0 Å². The smallest absolute Gasteiger partial charge is 0.00138 e. The molecule has 0 aliphatic carbocycles. The molecule has 0 heterocycles. The molecule has 80 valence electrons. The van der Waals surface area contributed by atoms with Crippen molar-refractivity contribution >= 4 is 0 Å². The summed E-state index contributed by atoms with van der Waals surface area (Å²) in [6, 6.07) is 0. The van der Waals surface area contributed by atoms with Crippen LogP contribution >= 0.6 is 0 Å². The molecule has 0 rings (SSSR count). The maximum absolute atomic E-state index is 2.55. The normalized spacial score (nSPS) is 12.5. The molecule has 0 aromatic heterocycles. The van der Waals surface area contributed by atoms with Gasteiger partial charge in [-0.3, -0.25) is 0 Å². The zero-order valence-electron chi connectivity index (χ0n) is 10.2. The molecule has 0 aromatic rings. The molecule has 0 fully saturated rings. The average molecular weight is 185 g/mol. The molecule has 0 N–H and O–H groups in total. The van der Waals surface area contributed by atoms with Crippen molar-refractivity contribution in [3.63, 3.8) is 0 Å². The zero-order chi connectivity index (χ0) is 10.3. The summed E-state index contributed by atoms with van der Waals surface area (Å²) >= 11 is 0. The topological polar surface area (TPSA) is 3.24 Å².